The average Bonchev–Trinajstić information content (AvgIpc) is 3.38. The number of carbonyl (C=O) groups excluding carboxylic acids is 2. The molecule has 0 bridgehead atoms. The molecule has 1 aliphatic heterocycles. The van der Waals surface area contributed by atoms with Gasteiger partial charge in [0.1, 0.15) is 18.4 Å². The quantitative estimate of drug-likeness (QED) is 0.484. The monoisotopic (exact) mass is 441 g/mol. The summed E-state index contributed by atoms with van der Waals surface area (Å²) in [5.74, 6) is -1.14. The highest BCUT2D eigenvalue weighted by Crippen LogP contribution is 2.32. The lowest BCUT2D eigenvalue weighted by atomic mass is 10.1. The number of imidazole rings is 1. The molecular formula is C21H23N5O6. The molecule has 1 aliphatic rings. The van der Waals surface area contributed by atoms with Gasteiger partial charge in [-0.05, 0) is 12.1 Å². The maximum Gasteiger partial charge on any atom is 0.338 e. The van der Waals surface area contributed by atoms with Crippen molar-refractivity contribution in [3.8, 4) is 0 Å². The van der Waals surface area contributed by atoms with Crippen molar-refractivity contribution in [1.29, 1.82) is 0 Å². The van der Waals surface area contributed by atoms with Gasteiger partial charge in [0.2, 0.25) is 11.9 Å². The van der Waals surface area contributed by atoms with Crippen LogP contribution in [0.25, 0.3) is 11.2 Å². The summed E-state index contributed by atoms with van der Waals surface area (Å²) >= 11 is 0. The standard InChI is InChI=1S/C21H23N5O6/c1-11(2)18(28)24-21-23-17-16(19(29)25-21)22-10-26(17)15-8-13(14(9-27)31-15)32-20(30)12-6-4-3-5-7-12/h3-7,10-11,13-15,27H,8-9H2,1-2H3,(H2,23,24,25,28,29)/t13-,14+,15-/m1/s1. The van der Waals surface area contributed by atoms with Crippen molar-refractivity contribution in [2.45, 2.75) is 38.7 Å². The molecule has 1 saturated heterocycles. The van der Waals surface area contributed by atoms with Crippen LogP contribution in [-0.2, 0) is 14.3 Å². The first kappa shape index (κ1) is 21.7. The van der Waals surface area contributed by atoms with Gasteiger partial charge in [-0.25, -0.2) is 9.78 Å². The number of aliphatic hydroxyl groups excluding tert-OH is 1. The van der Waals surface area contributed by atoms with E-state index in [-0.39, 0.29) is 42.0 Å². The first-order valence-electron chi connectivity index (χ1n) is 10.2. The lowest BCUT2D eigenvalue weighted by Crippen LogP contribution is -2.30. The van der Waals surface area contributed by atoms with E-state index in [4.69, 9.17) is 9.47 Å². The zero-order valence-corrected chi connectivity index (χ0v) is 17.5. The third kappa shape index (κ3) is 4.25. The Morgan fingerprint density at radius 3 is 2.78 bits per heavy atom. The van der Waals surface area contributed by atoms with Gasteiger partial charge in [-0.2, -0.15) is 4.98 Å². The molecule has 0 aliphatic carbocycles. The molecule has 3 atom stereocenters. The molecule has 3 heterocycles. The zero-order chi connectivity index (χ0) is 22.8. The number of rotatable bonds is 6. The summed E-state index contributed by atoms with van der Waals surface area (Å²) < 4.78 is 13.0. The van der Waals surface area contributed by atoms with Crippen molar-refractivity contribution in [3.63, 3.8) is 0 Å². The van der Waals surface area contributed by atoms with Gasteiger partial charge in [0.25, 0.3) is 5.56 Å². The Morgan fingerprint density at radius 2 is 2.09 bits per heavy atom. The third-order valence-electron chi connectivity index (χ3n) is 5.14. The van der Waals surface area contributed by atoms with Crippen LogP contribution in [-0.4, -0.2) is 55.3 Å². The number of aliphatic hydroxyl groups is 1. The molecule has 32 heavy (non-hydrogen) atoms. The summed E-state index contributed by atoms with van der Waals surface area (Å²) in [5.41, 5.74) is 0.141. The molecule has 4 rings (SSSR count). The topological polar surface area (TPSA) is 148 Å². The SMILES string of the molecule is CC(C)C(=O)Nc1nc2c(ncn2[C@H]2C[C@@H](OC(=O)c3ccccc3)[C@H](CO)O2)c(=O)[nH]1. The second-order valence-corrected chi connectivity index (χ2v) is 7.74. The van der Waals surface area contributed by atoms with Gasteiger partial charge >= 0.3 is 5.97 Å². The minimum Gasteiger partial charge on any atom is -0.456 e. The molecule has 2 aromatic heterocycles. The molecule has 11 heteroatoms. The fraction of sp³-hybridized carbons (Fsp3) is 0.381. The van der Waals surface area contributed by atoms with E-state index in [1.165, 1.54) is 10.9 Å². The third-order valence-corrected chi connectivity index (χ3v) is 5.14. The van der Waals surface area contributed by atoms with E-state index in [9.17, 15) is 19.5 Å². The number of esters is 1. The number of carbonyl (C=O) groups is 2. The fourth-order valence-electron chi connectivity index (χ4n) is 3.40. The first-order chi connectivity index (χ1) is 15.4. The number of nitrogens with zero attached hydrogens (tertiary/aromatic N) is 3. The predicted octanol–water partition coefficient (Wildman–Crippen LogP) is 1.22. The second kappa shape index (κ2) is 8.89. The van der Waals surface area contributed by atoms with Crippen LogP contribution in [0.3, 0.4) is 0 Å². The van der Waals surface area contributed by atoms with Crippen LogP contribution in [0.2, 0.25) is 0 Å². The van der Waals surface area contributed by atoms with Crippen molar-refractivity contribution in [3.05, 3.63) is 52.6 Å². The van der Waals surface area contributed by atoms with E-state index in [0.717, 1.165) is 0 Å². The van der Waals surface area contributed by atoms with Gasteiger partial charge in [-0.3, -0.25) is 24.5 Å². The van der Waals surface area contributed by atoms with Crippen molar-refractivity contribution in [1.82, 2.24) is 19.5 Å². The normalized spacial score (nSPS) is 20.6. The van der Waals surface area contributed by atoms with Gasteiger partial charge < -0.3 is 14.6 Å². The largest absolute Gasteiger partial charge is 0.456 e. The predicted molar refractivity (Wildman–Crippen MR) is 113 cm³/mol. The molecule has 0 saturated carbocycles. The highest BCUT2D eigenvalue weighted by molar-refractivity contribution is 5.91. The second-order valence-electron chi connectivity index (χ2n) is 7.74. The summed E-state index contributed by atoms with van der Waals surface area (Å²) in [6, 6.07) is 8.51. The lowest BCUT2D eigenvalue weighted by Gasteiger charge is -2.16. The number of fused-ring (bicyclic) bond motifs is 1. The number of aromatic nitrogens is 4. The van der Waals surface area contributed by atoms with E-state index >= 15 is 0 Å². The Morgan fingerprint density at radius 1 is 1.34 bits per heavy atom. The number of hydrogen-bond donors (Lipinski definition) is 3. The molecule has 11 nitrogen and oxygen atoms in total. The van der Waals surface area contributed by atoms with Crippen molar-refractivity contribution >= 4 is 29.0 Å². The molecule has 1 amide bonds. The van der Waals surface area contributed by atoms with Gasteiger partial charge in [0.15, 0.2) is 11.2 Å². The van der Waals surface area contributed by atoms with Crippen molar-refractivity contribution in [2.75, 3.05) is 11.9 Å². The molecule has 0 radical (unpaired) electrons. The Balaban J connectivity index is 1.58. The van der Waals surface area contributed by atoms with E-state index in [1.54, 1.807) is 44.2 Å². The van der Waals surface area contributed by atoms with Gasteiger partial charge in [0, 0.05) is 12.3 Å². The molecule has 1 fully saturated rings. The van der Waals surface area contributed by atoms with Crippen LogP contribution in [0.1, 0.15) is 36.9 Å². The zero-order valence-electron chi connectivity index (χ0n) is 17.5. The number of anilines is 1. The Hall–Kier alpha value is -3.57. The molecule has 3 N–H and O–H groups in total. The number of ether oxygens (including phenoxy) is 2. The first-order valence-corrected chi connectivity index (χ1v) is 10.2. The minimum absolute atomic E-state index is 0.00768. The Labute approximate surface area is 182 Å². The summed E-state index contributed by atoms with van der Waals surface area (Å²) in [5, 5.41) is 12.3. The fourth-order valence-corrected chi connectivity index (χ4v) is 3.40. The summed E-state index contributed by atoms with van der Waals surface area (Å²) in [6.07, 6.45) is -0.544. The molecule has 0 unspecified atom stereocenters. The van der Waals surface area contributed by atoms with Gasteiger partial charge in [-0.1, -0.05) is 32.0 Å². The smallest absolute Gasteiger partial charge is 0.338 e. The van der Waals surface area contributed by atoms with Crippen LogP contribution in [0, 0.1) is 5.92 Å². The number of nitrogens with one attached hydrogen (secondary N) is 2. The van der Waals surface area contributed by atoms with Crippen molar-refractivity contribution < 1.29 is 24.2 Å². The highest BCUT2D eigenvalue weighted by atomic mass is 16.6. The maximum atomic E-state index is 12.4. The van der Waals surface area contributed by atoms with Gasteiger partial charge in [0.05, 0.1) is 18.5 Å². The summed E-state index contributed by atoms with van der Waals surface area (Å²) in [4.78, 5) is 47.7. The summed E-state index contributed by atoms with van der Waals surface area (Å²) in [6.45, 7) is 3.07. The number of benzene rings is 1. The van der Waals surface area contributed by atoms with Crippen LogP contribution in [0.15, 0.2) is 41.5 Å². The Bertz CT molecular complexity index is 1190. The summed E-state index contributed by atoms with van der Waals surface area (Å²) in [7, 11) is 0. The number of H-pyrrole nitrogens is 1. The molecule has 3 aromatic rings. The minimum atomic E-state index is -0.757. The van der Waals surface area contributed by atoms with E-state index in [2.05, 4.69) is 20.3 Å². The molecule has 1 aromatic carbocycles. The number of amides is 1. The van der Waals surface area contributed by atoms with Gasteiger partial charge in [-0.15, -0.1) is 0 Å². The van der Waals surface area contributed by atoms with Crippen LogP contribution in [0.4, 0.5) is 5.95 Å². The molecule has 0 spiro atoms. The van der Waals surface area contributed by atoms with E-state index in [1.807, 2.05) is 0 Å². The average molecular weight is 441 g/mol. The maximum absolute atomic E-state index is 12.4. The van der Waals surface area contributed by atoms with Crippen LogP contribution >= 0.6 is 0 Å². The number of hydrogen-bond acceptors (Lipinski definition) is 8. The van der Waals surface area contributed by atoms with Crippen LogP contribution in [0.5, 0.6) is 0 Å². The lowest BCUT2D eigenvalue weighted by molar-refractivity contribution is -0.118. The van der Waals surface area contributed by atoms with E-state index < -0.39 is 30.0 Å². The highest BCUT2D eigenvalue weighted by Gasteiger charge is 2.39. The van der Waals surface area contributed by atoms with E-state index in [0.29, 0.717) is 5.56 Å². The van der Waals surface area contributed by atoms with Crippen LogP contribution < -0.4 is 10.9 Å². The molecular weight excluding hydrogens is 418 g/mol. The Kier molecular flexibility index (Phi) is 6.01. The molecule has 168 valence electrons. The van der Waals surface area contributed by atoms with Crippen molar-refractivity contribution in [2.24, 2.45) is 5.92 Å². The number of aromatic amines is 1.